The van der Waals surface area contributed by atoms with Gasteiger partial charge in [0.05, 0.1) is 24.4 Å². The first-order valence-corrected chi connectivity index (χ1v) is 7.23. The SMILES string of the molecule is Cc1ncsc1CCOCc1ccc(/C(N)=N/O)cc1F. The van der Waals surface area contributed by atoms with Crippen molar-refractivity contribution in [3.8, 4) is 0 Å². The van der Waals surface area contributed by atoms with Gasteiger partial charge >= 0.3 is 0 Å². The fourth-order valence-corrected chi connectivity index (χ4v) is 2.56. The first kappa shape index (κ1) is 15.4. The van der Waals surface area contributed by atoms with E-state index in [1.807, 2.05) is 6.92 Å². The number of aryl methyl sites for hydroxylation is 1. The first-order valence-electron chi connectivity index (χ1n) is 6.35. The van der Waals surface area contributed by atoms with Crippen LogP contribution >= 0.6 is 11.3 Å². The molecule has 0 unspecified atom stereocenters. The van der Waals surface area contributed by atoms with Gasteiger partial charge in [0.1, 0.15) is 5.82 Å². The summed E-state index contributed by atoms with van der Waals surface area (Å²) in [5.74, 6) is -0.560. The Labute approximate surface area is 125 Å². The molecule has 0 bridgehead atoms. The highest BCUT2D eigenvalue weighted by atomic mass is 32.1. The van der Waals surface area contributed by atoms with Gasteiger partial charge in [-0.1, -0.05) is 17.3 Å². The molecule has 0 aliphatic carbocycles. The Morgan fingerprint density at radius 1 is 1.52 bits per heavy atom. The van der Waals surface area contributed by atoms with Gasteiger partial charge in [0, 0.05) is 22.4 Å². The van der Waals surface area contributed by atoms with E-state index < -0.39 is 5.82 Å². The van der Waals surface area contributed by atoms with Crippen molar-refractivity contribution < 1.29 is 14.3 Å². The number of hydrogen-bond acceptors (Lipinski definition) is 5. The third kappa shape index (κ3) is 3.99. The quantitative estimate of drug-likeness (QED) is 0.282. The molecule has 0 amide bonds. The number of halogens is 1. The molecule has 0 aliphatic rings. The van der Waals surface area contributed by atoms with Crippen LogP contribution in [0.4, 0.5) is 4.39 Å². The number of aromatic nitrogens is 1. The zero-order valence-corrected chi connectivity index (χ0v) is 12.4. The summed E-state index contributed by atoms with van der Waals surface area (Å²) in [4.78, 5) is 5.34. The van der Waals surface area contributed by atoms with Crippen LogP contribution < -0.4 is 5.73 Å². The molecule has 0 saturated carbocycles. The third-order valence-electron chi connectivity index (χ3n) is 3.03. The van der Waals surface area contributed by atoms with Crippen LogP contribution in [-0.4, -0.2) is 22.6 Å². The van der Waals surface area contributed by atoms with Gasteiger partial charge in [-0.2, -0.15) is 0 Å². The zero-order chi connectivity index (χ0) is 15.2. The van der Waals surface area contributed by atoms with Gasteiger partial charge in [-0.15, -0.1) is 11.3 Å². The van der Waals surface area contributed by atoms with E-state index in [2.05, 4.69) is 10.1 Å². The summed E-state index contributed by atoms with van der Waals surface area (Å²) in [6, 6.07) is 4.38. The molecule has 0 radical (unpaired) electrons. The van der Waals surface area contributed by atoms with Crippen molar-refractivity contribution in [2.45, 2.75) is 20.0 Å². The molecule has 1 heterocycles. The second-order valence-corrected chi connectivity index (χ2v) is 5.39. The molecule has 7 heteroatoms. The number of hydrogen-bond donors (Lipinski definition) is 2. The summed E-state index contributed by atoms with van der Waals surface area (Å²) in [6.45, 7) is 2.64. The standard InChI is InChI=1S/C14H16FN3O2S/c1-9-13(21-8-17-9)4-5-20-7-11-3-2-10(6-12(11)15)14(16)18-19/h2-3,6,8,19H,4-5,7H2,1H3,(H2,16,18). The van der Waals surface area contributed by atoms with Gasteiger partial charge in [-0.05, 0) is 13.0 Å². The summed E-state index contributed by atoms with van der Waals surface area (Å²) in [7, 11) is 0. The Morgan fingerprint density at radius 3 is 2.95 bits per heavy atom. The molecule has 2 rings (SSSR count). The number of nitrogens with two attached hydrogens (primary N) is 1. The van der Waals surface area contributed by atoms with E-state index >= 15 is 0 Å². The lowest BCUT2D eigenvalue weighted by atomic mass is 10.1. The van der Waals surface area contributed by atoms with E-state index in [0.29, 0.717) is 17.7 Å². The molecule has 112 valence electrons. The summed E-state index contributed by atoms with van der Waals surface area (Å²) in [5, 5.41) is 11.4. The molecule has 21 heavy (non-hydrogen) atoms. The topological polar surface area (TPSA) is 80.7 Å². The van der Waals surface area contributed by atoms with Crippen LogP contribution in [0, 0.1) is 12.7 Å². The van der Waals surface area contributed by atoms with Crippen molar-refractivity contribution in [1.29, 1.82) is 0 Å². The maximum Gasteiger partial charge on any atom is 0.170 e. The van der Waals surface area contributed by atoms with E-state index in [1.165, 1.54) is 10.9 Å². The minimum atomic E-state index is -0.437. The smallest absolute Gasteiger partial charge is 0.170 e. The minimum Gasteiger partial charge on any atom is -0.409 e. The molecule has 5 nitrogen and oxygen atoms in total. The number of amidine groups is 1. The van der Waals surface area contributed by atoms with E-state index in [4.69, 9.17) is 15.7 Å². The summed E-state index contributed by atoms with van der Waals surface area (Å²) in [5.41, 5.74) is 8.98. The maximum absolute atomic E-state index is 13.8. The van der Waals surface area contributed by atoms with Crippen molar-refractivity contribution in [2.24, 2.45) is 10.9 Å². The van der Waals surface area contributed by atoms with Gasteiger partial charge < -0.3 is 15.7 Å². The maximum atomic E-state index is 13.8. The van der Waals surface area contributed by atoms with E-state index in [1.54, 1.807) is 29.0 Å². The molecule has 2 aromatic rings. The highest BCUT2D eigenvalue weighted by Crippen LogP contribution is 2.14. The van der Waals surface area contributed by atoms with Crippen LogP contribution in [-0.2, 0) is 17.8 Å². The lowest BCUT2D eigenvalue weighted by Gasteiger charge is -2.07. The predicted octanol–water partition coefficient (Wildman–Crippen LogP) is 2.44. The first-order chi connectivity index (χ1) is 10.1. The Balaban J connectivity index is 1.87. The number of nitrogens with zero attached hydrogens (tertiary/aromatic N) is 2. The zero-order valence-electron chi connectivity index (χ0n) is 11.5. The van der Waals surface area contributed by atoms with Crippen molar-refractivity contribution in [3.63, 3.8) is 0 Å². The molecule has 0 atom stereocenters. The van der Waals surface area contributed by atoms with E-state index in [-0.39, 0.29) is 12.4 Å². The molecule has 0 spiro atoms. The molecule has 3 N–H and O–H groups in total. The molecular weight excluding hydrogens is 293 g/mol. The largest absolute Gasteiger partial charge is 0.409 e. The van der Waals surface area contributed by atoms with Crippen molar-refractivity contribution in [3.05, 3.63) is 51.2 Å². The number of ether oxygens (including phenoxy) is 1. The fourth-order valence-electron chi connectivity index (χ4n) is 1.79. The lowest BCUT2D eigenvalue weighted by molar-refractivity contribution is 0.121. The van der Waals surface area contributed by atoms with Crippen molar-refractivity contribution in [1.82, 2.24) is 4.98 Å². The van der Waals surface area contributed by atoms with Crippen molar-refractivity contribution in [2.75, 3.05) is 6.61 Å². The van der Waals surface area contributed by atoms with Gasteiger partial charge in [-0.3, -0.25) is 0 Å². The third-order valence-corrected chi connectivity index (χ3v) is 4.03. The summed E-state index contributed by atoms with van der Waals surface area (Å²) < 4.78 is 19.3. The van der Waals surface area contributed by atoms with E-state index in [0.717, 1.165) is 12.1 Å². The fraction of sp³-hybridized carbons (Fsp3) is 0.286. The van der Waals surface area contributed by atoms with Gasteiger partial charge in [0.2, 0.25) is 0 Å². The normalized spacial score (nSPS) is 11.8. The highest BCUT2D eigenvalue weighted by Gasteiger charge is 2.07. The van der Waals surface area contributed by atoms with E-state index in [9.17, 15) is 4.39 Å². The van der Waals surface area contributed by atoms with Gasteiger partial charge in [-0.25, -0.2) is 9.37 Å². The molecule has 1 aromatic carbocycles. The molecular formula is C14H16FN3O2S. The second kappa shape index (κ2) is 7.14. The molecule has 1 aromatic heterocycles. The Bertz CT molecular complexity index is 643. The molecule has 0 aliphatic heterocycles. The second-order valence-electron chi connectivity index (χ2n) is 4.45. The Kier molecular flexibility index (Phi) is 5.24. The average Bonchev–Trinajstić information content (AvgIpc) is 2.89. The molecule has 0 saturated heterocycles. The van der Waals surface area contributed by atoms with Crippen LogP contribution in [0.15, 0.2) is 28.9 Å². The Hall–Kier alpha value is -1.99. The highest BCUT2D eigenvalue weighted by molar-refractivity contribution is 7.09. The van der Waals surface area contributed by atoms with Gasteiger partial charge in [0.25, 0.3) is 0 Å². The summed E-state index contributed by atoms with van der Waals surface area (Å²) in [6.07, 6.45) is 0.764. The average molecular weight is 309 g/mol. The number of thiazole rings is 1. The van der Waals surface area contributed by atoms with Crippen LogP contribution in [0.1, 0.15) is 21.7 Å². The molecule has 0 fully saturated rings. The minimum absolute atomic E-state index is 0.123. The number of oxime groups is 1. The van der Waals surface area contributed by atoms with Crippen molar-refractivity contribution >= 4 is 17.2 Å². The van der Waals surface area contributed by atoms with Crippen LogP contribution in [0.3, 0.4) is 0 Å². The van der Waals surface area contributed by atoms with Gasteiger partial charge in [0.15, 0.2) is 5.84 Å². The summed E-state index contributed by atoms with van der Waals surface area (Å²) >= 11 is 1.59. The van der Waals surface area contributed by atoms with Crippen LogP contribution in [0.5, 0.6) is 0 Å². The predicted molar refractivity (Wildman–Crippen MR) is 79.1 cm³/mol. The van der Waals surface area contributed by atoms with Crippen LogP contribution in [0.25, 0.3) is 0 Å². The Morgan fingerprint density at radius 2 is 2.33 bits per heavy atom. The van der Waals surface area contributed by atoms with Crippen LogP contribution in [0.2, 0.25) is 0 Å². The number of benzene rings is 1. The number of rotatable bonds is 6. The lowest BCUT2D eigenvalue weighted by Crippen LogP contribution is -2.13. The monoisotopic (exact) mass is 309 g/mol.